The summed E-state index contributed by atoms with van der Waals surface area (Å²) in [5, 5.41) is 6.62. The topological polar surface area (TPSA) is 33.8 Å². The Hall–Kier alpha value is -4.32. The van der Waals surface area contributed by atoms with Gasteiger partial charge in [0.15, 0.2) is 0 Å². The molecule has 0 amide bonds. The number of likely N-dealkylation sites (N-methyl/N-ethyl adjacent to an activating group) is 2. The SMILES string of the molecule is C=CCCC(C(=C)NC)N(C)C(=C)c1ccc(CC2CC3(CCN(CC4CCN(Cc5ccc(C(=C/NC)/C(/C=C(\C)C6CC6)=C(\C=C)CC)cc5C)CC4)CC3)C2)cc1C=C.CCC. The standard InChI is InChI=1S/C57H81N5.C3H8/c1-12-16-17-56(43(7)59-10)60(11)44(8)53-23-18-46(35-49(53)15-4)34-47-36-57(37-47)26-30-62(31-27-57)39-45-24-28-61(29-25-45)40-52-22-21-51(32-41(52)5)55(38-58-9)54(48(13-2)14-3)33-42(6)50-19-20-50;1-3-2/h12-13,15,18,21-23,32-33,35,38,45,47,50,56,58-59H,1-2,4,7-8,14,16-17,19-20,24-31,34,36-37,39-40H2,3,5-6,9-11H3;3H2,1-2H3/b42-33+,54-48+,55-38-;. The lowest BCUT2D eigenvalue weighted by atomic mass is 9.56. The molecule has 65 heavy (non-hydrogen) atoms. The summed E-state index contributed by atoms with van der Waals surface area (Å²) in [6.07, 6.45) is 26.7. The third-order valence-electron chi connectivity index (χ3n) is 15.2. The van der Waals surface area contributed by atoms with Crippen LogP contribution in [-0.2, 0) is 13.0 Å². The van der Waals surface area contributed by atoms with Crippen molar-refractivity contribution in [3.05, 3.63) is 150 Å². The molecule has 5 nitrogen and oxygen atoms in total. The molecule has 354 valence electrons. The second-order valence-corrected chi connectivity index (χ2v) is 20.2. The predicted octanol–water partition coefficient (Wildman–Crippen LogP) is 13.8. The van der Waals surface area contributed by atoms with Crippen LogP contribution in [0.1, 0.15) is 138 Å². The fourth-order valence-corrected chi connectivity index (χ4v) is 11.0. The summed E-state index contributed by atoms with van der Waals surface area (Å²) in [7, 11) is 6.08. The van der Waals surface area contributed by atoms with Crippen LogP contribution >= 0.6 is 0 Å². The summed E-state index contributed by atoms with van der Waals surface area (Å²) in [4.78, 5) is 7.77. The van der Waals surface area contributed by atoms with Crippen molar-refractivity contribution in [2.75, 3.05) is 53.9 Å². The summed E-state index contributed by atoms with van der Waals surface area (Å²) in [5.74, 6) is 2.35. The first-order valence-corrected chi connectivity index (χ1v) is 25.5. The van der Waals surface area contributed by atoms with E-state index in [-0.39, 0.29) is 6.04 Å². The van der Waals surface area contributed by atoms with E-state index in [1.807, 2.05) is 26.2 Å². The van der Waals surface area contributed by atoms with Gasteiger partial charge in [-0.15, -0.1) is 6.58 Å². The van der Waals surface area contributed by atoms with Gasteiger partial charge in [0.25, 0.3) is 0 Å². The van der Waals surface area contributed by atoms with Crippen molar-refractivity contribution in [2.24, 2.45) is 23.2 Å². The molecule has 6 rings (SSSR count). The molecular weight excluding hydrogens is 791 g/mol. The normalized spacial score (nSPS) is 19.3. The average Bonchev–Trinajstić information content (AvgIpc) is 4.16. The maximum atomic E-state index is 4.52. The van der Waals surface area contributed by atoms with Gasteiger partial charge in [-0.25, -0.2) is 0 Å². The van der Waals surface area contributed by atoms with E-state index in [2.05, 4.69) is 155 Å². The summed E-state index contributed by atoms with van der Waals surface area (Å²) in [6, 6.07) is 14.3. The predicted molar refractivity (Wildman–Crippen MR) is 285 cm³/mol. The number of likely N-dealkylation sites (tertiary alicyclic amines) is 2. The lowest BCUT2D eigenvalue weighted by Crippen LogP contribution is -2.49. The smallest absolute Gasteiger partial charge is 0.0681 e. The highest BCUT2D eigenvalue weighted by molar-refractivity contribution is 5.84. The molecule has 1 atom stereocenters. The molecule has 2 aliphatic carbocycles. The maximum Gasteiger partial charge on any atom is 0.0681 e. The summed E-state index contributed by atoms with van der Waals surface area (Å²) in [6.45, 7) is 39.5. The Morgan fingerprint density at radius 1 is 0.908 bits per heavy atom. The number of nitrogens with zero attached hydrogens (tertiary/aromatic N) is 3. The summed E-state index contributed by atoms with van der Waals surface area (Å²) in [5.41, 5.74) is 15.8. The molecule has 2 saturated carbocycles. The Bertz CT molecular complexity index is 2020. The molecule has 0 bridgehead atoms. The van der Waals surface area contributed by atoms with Gasteiger partial charge in [-0.1, -0.05) is 120 Å². The monoisotopic (exact) mass is 880 g/mol. The first-order valence-electron chi connectivity index (χ1n) is 25.5. The number of hydrogen-bond donors (Lipinski definition) is 2. The second kappa shape index (κ2) is 25.0. The Morgan fingerprint density at radius 2 is 1.60 bits per heavy atom. The number of rotatable bonds is 22. The zero-order valence-corrected chi connectivity index (χ0v) is 42.5. The first-order chi connectivity index (χ1) is 31.4. The number of piperidine rings is 2. The average molecular weight is 880 g/mol. The van der Waals surface area contributed by atoms with E-state index in [9.17, 15) is 0 Å². The van der Waals surface area contributed by atoms with Gasteiger partial charge in [0.2, 0.25) is 0 Å². The van der Waals surface area contributed by atoms with E-state index in [1.165, 1.54) is 141 Å². The molecule has 0 aromatic heterocycles. The first kappa shape index (κ1) is 51.7. The number of hydrogen-bond acceptors (Lipinski definition) is 5. The third-order valence-corrected chi connectivity index (χ3v) is 15.2. The van der Waals surface area contributed by atoms with E-state index in [0.717, 1.165) is 66.9 Å². The highest BCUT2D eigenvalue weighted by Crippen LogP contribution is 2.53. The van der Waals surface area contributed by atoms with Crippen molar-refractivity contribution in [2.45, 2.75) is 131 Å². The maximum absolute atomic E-state index is 4.52. The summed E-state index contributed by atoms with van der Waals surface area (Å²) >= 11 is 0. The van der Waals surface area contributed by atoms with Crippen LogP contribution in [0.2, 0.25) is 0 Å². The van der Waals surface area contributed by atoms with Crippen molar-refractivity contribution in [1.29, 1.82) is 0 Å². The molecule has 4 fully saturated rings. The molecule has 4 aliphatic rings. The number of allylic oxidation sites excluding steroid dienone is 7. The Kier molecular flexibility index (Phi) is 19.9. The van der Waals surface area contributed by atoms with Crippen LogP contribution in [0, 0.1) is 30.1 Å². The Morgan fingerprint density at radius 3 is 2.17 bits per heavy atom. The van der Waals surface area contributed by atoms with Crippen LogP contribution in [0.5, 0.6) is 0 Å². The fourth-order valence-electron chi connectivity index (χ4n) is 11.0. The van der Waals surface area contributed by atoms with Crippen molar-refractivity contribution in [1.82, 2.24) is 25.3 Å². The number of nitrogens with one attached hydrogen (secondary N) is 2. The van der Waals surface area contributed by atoms with E-state index in [4.69, 9.17) is 0 Å². The minimum absolute atomic E-state index is 0.149. The van der Waals surface area contributed by atoms with Gasteiger partial charge in [-0.2, -0.15) is 0 Å². The highest BCUT2D eigenvalue weighted by atomic mass is 15.2. The Labute approximate surface area is 398 Å². The number of benzene rings is 2. The molecular formula is C60H89N5. The van der Waals surface area contributed by atoms with Crippen molar-refractivity contribution < 1.29 is 0 Å². The molecule has 1 unspecified atom stereocenters. The molecule has 1 spiro atoms. The van der Waals surface area contributed by atoms with Gasteiger partial charge in [0.1, 0.15) is 0 Å². The molecule has 2 saturated heterocycles. The van der Waals surface area contributed by atoms with Crippen molar-refractivity contribution >= 4 is 17.3 Å². The second-order valence-electron chi connectivity index (χ2n) is 20.2. The van der Waals surface area contributed by atoms with Crippen LogP contribution < -0.4 is 10.6 Å². The summed E-state index contributed by atoms with van der Waals surface area (Å²) < 4.78 is 0. The number of aryl methyl sites for hydroxylation is 1. The zero-order chi connectivity index (χ0) is 47.1. The molecule has 2 aliphatic heterocycles. The zero-order valence-electron chi connectivity index (χ0n) is 42.5. The molecule has 5 heteroatoms. The minimum Gasteiger partial charge on any atom is -0.393 e. The van der Waals surface area contributed by atoms with Crippen LogP contribution in [-0.4, -0.2) is 74.6 Å². The largest absolute Gasteiger partial charge is 0.393 e. The lowest BCUT2D eigenvalue weighted by molar-refractivity contribution is -0.0184. The highest BCUT2D eigenvalue weighted by Gasteiger charge is 2.45. The molecule has 2 aromatic rings. The van der Waals surface area contributed by atoms with Gasteiger partial charge in [0.05, 0.1) is 6.04 Å². The van der Waals surface area contributed by atoms with Crippen molar-refractivity contribution in [3.63, 3.8) is 0 Å². The van der Waals surface area contributed by atoms with Gasteiger partial charge >= 0.3 is 0 Å². The van der Waals surface area contributed by atoms with Crippen LogP contribution in [0.4, 0.5) is 0 Å². The Balaban J connectivity index is 0.00000257. The fraction of sp³-hybridized carbons (Fsp3) is 0.533. The van der Waals surface area contributed by atoms with Gasteiger partial charge in [-0.05, 0) is 179 Å². The lowest BCUT2D eigenvalue weighted by Gasteiger charge is -2.53. The quantitative estimate of drug-likeness (QED) is 0.0910. The van der Waals surface area contributed by atoms with Gasteiger partial charge in [0, 0.05) is 63.0 Å². The third kappa shape index (κ3) is 13.9. The van der Waals surface area contributed by atoms with Gasteiger partial charge < -0.3 is 20.4 Å². The molecule has 0 radical (unpaired) electrons. The van der Waals surface area contributed by atoms with Crippen LogP contribution in [0.15, 0.2) is 116 Å². The molecule has 2 aromatic carbocycles. The van der Waals surface area contributed by atoms with Crippen LogP contribution in [0.25, 0.3) is 17.3 Å². The van der Waals surface area contributed by atoms with Crippen molar-refractivity contribution in [3.8, 4) is 0 Å². The van der Waals surface area contributed by atoms with E-state index in [0.29, 0.717) is 5.41 Å². The van der Waals surface area contributed by atoms with Crippen LogP contribution in [0.3, 0.4) is 0 Å². The van der Waals surface area contributed by atoms with E-state index in [1.54, 1.807) is 0 Å². The van der Waals surface area contributed by atoms with Gasteiger partial charge in [-0.3, -0.25) is 4.90 Å². The molecule has 2 N–H and O–H groups in total. The van der Waals surface area contributed by atoms with E-state index >= 15 is 0 Å². The molecule has 2 heterocycles. The minimum atomic E-state index is 0.149. The van der Waals surface area contributed by atoms with E-state index < -0.39 is 0 Å².